The fourth-order valence-corrected chi connectivity index (χ4v) is 2.53. The number of hydrogen-bond donors (Lipinski definition) is 1. The molecule has 1 fully saturated rings. The number of rotatable bonds is 4. The van der Waals surface area contributed by atoms with E-state index in [4.69, 9.17) is 0 Å². The van der Waals surface area contributed by atoms with Crippen LogP contribution in [-0.2, 0) is 0 Å². The van der Waals surface area contributed by atoms with Crippen LogP contribution < -0.4 is 10.2 Å². The molecule has 1 aliphatic heterocycles. The standard InChI is InChI=1S/C15H24N2/c1-4-16-14-8-9-17(11-14)15-7-5-6-13(10-15)12(2)3/h5-7,10,12,14,16H,4,8-9,11H2,1-3H3. The van der Waals surface area contributed by atoms with Crippen LogP contribution in [0.3, 0.4) is 0 Å². The molecule has 0 bridgehead atoms. The summed E-state index contributed by atoms with van der Waals surface area (Å²) in [6, 6.07) is 9.67. The summed E-state index contributed by atoms with van der Waals surface area (Å²) < 4.78 is 0. The quantitative estimate of drug-likeness (QED) is 0.858. The average molecular weight is 232 g/mol. The molecule has 1 aromatic rings. The van der Waals surface area contributed by atoms with Crippen LogP contribution in [-0.4, -0.2) is 25.7 Å². The van der Waals surface area contributed by atoms with Gasteiger partial charge in [0.05, 0.1) is 0 Å². The average Bonchev–Trinajstić information content (AvgIpc) is 2.78. The van der Waals surface area contributed by atoms with Gasteiger partial charge in [-0.25, -0.2) is 0 Å². The van der Waals surface area contributed by atoms with Crippen molar-refractivity contribution in [2.45, 2.75) is 39.2 Å². The molecule has 1 atom stereocenters. The number of likely N-dealkylation sites (N-methyl/N-ethyl adjacent to an activating group) is 1. The highest BCUT2D eigenvalue weighted by Crippen LogP contribution is 2.24. The van der Waals surface area contributed by atoms with Crippen molar-refractivity contribution >= 4 is 5.69 Å². The van der Waals surface area contributed by atoms with E-state index >= 15 is 0 Å². The fraction of sp³-hybridized carbons (Fsp3) is 0.600. The van der Waals surface area contributed by atoms with E-state index in [9.17, 15) is 0 Å². The molecule has 1 aliphatic rings. The molecule has 1 heterocycles. The van der Waals surface area contributed by atoms with Crippen LogP contribution in [0.5, 0.6) is 0 Å². The molecule has 2 rings (SSSR count). The lowest BCUT2D eigenvalue weighted by molar-refractivity contribution is 0.572. The molecule has 1 aromatic carbocycles. The predicted molar refractivity (Wildman–Crippen MR) is 74.8 cm³/mol. The van der Waals surface area contributed by atoms with E-state index in [-0.39, 0.29) is 0 Å². The molecule has 94 valence electrons. The summed E-state index contributed by atoms with van der Waals surface area (Å²) in [4.78, 5) is 2.50. The lowest BCUT2D eigenvalue weighted by atomic mass is 10.0. The van der Waals surface area contributed by atoms with Gasteiger partial charge in [-0.3, -0.25) is 0 Å². The first-order chi connectivity index (χ1) is 8.20. The Labute approximate surface area is 105 Å². The Bertz CT molecular complexity index is 360. The second kappa shape index (κ2) is 5.54. The van der Waals surface area contributed by atoms with E-state index in [1.165, 1.54) is 24.2 Å². The molecule has 0 radical (unpaired) electrons. The summed E-state index contributed by atoms with van der Waals surface area (Å²) in [6.07, 6.45) is 1.26. The Morgan fingerprint density at radius 3 is 2.94 bits per heavy atom. The first-order valence-electron chi connectivity index (χ1n) is 6.79. The van der Waals surface area contributed by atoms with Crippen LogP contribution in [0.1, 0.15) is 38.7 Å². The van der Waals surface area contributed by atoms with Crippen LogP contribution in [0.25, 0.3) is 0 Å². The van der Waals surface area contributed by atoms with Crippen molar-refractivity contribution in [2.75, 3.05) is 24.5 Å². The molecule has 2 heteroatoms. The van der Waals surface area contributed by atoms with Crippen LogP contribution in [0.2, 0.25) is 0 Å². The minimum absolute atomic E-state index is 0.613. The molecule has 0 aliphatic carbocycles. The Kier molecular flexibility index (Phi) is 4.06. The van der Waals surface area contributed by atoms with Crippen LogP contribution in [0.4, 0.5) is 5.69 Å². The summed E-state index contributed by atoms with van der Waals surface area (Å²) in [5.74, 6) is 0.613. The van der Waals surface area contributed by atoms with Crippen LogP contribution in [0.15, 0.2) is 24.3 Å². The molecule has 17 heavy (non-hydrogen) atoms. The zero-order chi connectivity index (χ0) is 12.3. The number of anilines is 1. The summed E-state index contributed by atoms with van der Waals surface area (Å²) >= 11 is 0. The second-order valence-corrected chi connectivity index (χ2v) is 5.24. The van der Waals surface area contributed by atoms with E-state index < -0.39 is 0 Å². The zero-order valence-electron chi connectivity index (χ0n) is 11.2. The minimum Gasteiger partial charge on any atom is -0.370 e. The predicted octanol–water partition coefficient (Wildman–Crippen LogP) is 3.00. The second-order valence-electron chi connectivity index (χ2n) is 5.24. The zero-order valence-corrected chi connectivity index (χ0v) is 11.2. The maximum Gasteiger partial charge on any atom is 0.0369 e. The van der Waals surface area contributed by atoms with Crippen molar-refractivity contribution in [2.24, 2.45) is 0 Å². The molecular weight excluding hydrogens is 208 g/mol. The third kappa shape index (κ3) is 3.01. The molecule has 1 unspecified atom stereocenters. The molecular formula is C15H24N2. The third-order valence-corrected chi connectivity index (χ3v) is 3.58. The molecule has 0 aromatic heterocycles. The largest absolute Gasteiger partial charge is 0.370 e. The van der Waals surface area contributed by atoms with Gasteiger partial charge in [0, 0.05) is 24.8 Å². The van der Waals surface area contributed by atoms with Gasteiger partial charge in [0.2, 0.25) is 0 Å². The lowest BCUT2D eigenvalue weighted by Crippen LogP contribution is -2.32. The van der Waals surface area contributed by atoms with Gasteiger partial charge >= 0.3 is 0 Å². The van der Waals surface area contributed by atoms with Crippen molar-refractivity contribution in [3.8, 4) is 0 Å². The molecule has 1 N–H and O–H groups in total. The van der Waals surface area contributed by atoms with E-state index in [0.717, 1.165) is 13.1 Å². The highest BCUT2D eigenvalue weighted by atomic mass is 15.2. The van der Waals surface area contributed by atoms with Gasteiger partial charge < -0.3 is 10.2 Å². The Morgan fingerprint density at radius 2 is 2.24 bits per heavy atom. The van der Waals surface area contributed by atoms with Gasteiger partial charge in [0.1, 0.15) is 0 Å². The van der Waals surface area contributed by atoms with Gasteiger partial charge in [-0.1, -0.05) is 32.9 Å². The van der Waals surface area contributed by atoms with E-state index in [1.807, 2.05) is 0 Å². The number of nitrogens with one attached hydrogen (secondary N) is 1. The summed E-state index contributed by atoms with van der Waals surface area (Å²) in [5.41, 5.74) is 2.83. The van der Waals surface area contributed by atoms with Gasteiger partial charge in [-0.2, -0.15) is 0 Å². The molecule has 0 spiro atoms. The normalized spacial score (nSPS) is 20.2. The molecule has 1 saturated heterocycles. The maximum atomic E-state index is 3.54. The van der Waals surface area contributed by atoms with Gasteiger partial charge in [0.25, 0.3) is 0 Å². The topological polar surface area (TPSA) is 15.3 Å². The first-order valence-corrected chi connectivity index (χ1v) is 6.79. The Balaban J connectivity index is 2.05. The van der Waals surface area contributed by atoms with Crippen molar-refractivity contribution < 1.29 is 0 Å². The van der Waals surface area contributed by atoms with E-state index in [1.54, 1.807) is 0 Å². The highest BCUT2D eigenvalue weighted by molar-refractivity contribution is 5.50. The van der Waals surface area contributed by atoms with Gasteiger partial charge in [-0.15, -0.1) is 0 Å². The van der Waals surface area contributed by atoms with E-state index in [2.05, 4.69) is 55.3 Å². The van der Waals surface area contributed by atoms with Crippen molar-refractivity contribution in [1.82, 2.24) is 5.32 Å². The monoisotopic (exact) mass is 232 g/mol. The number of hydrogen-bond acceptors (Lipinski definition) is 2. The molecule has 0 saturated carbocycles. The smallest absolute Gasteiger partial charge is 0.0369 e. The number of benzene rings is 1. The third-order valence-electron chi connectivity index (χ3n) is 3.58. The van der Waals surface area contributed by atoms with Crippen molar-refractivity contribution in [3.05, 3.63) is 29.8 Å². The maximum absolute atomic E-state index is 3.54. The van der Waals surface area contributed by atoms with Crippen LogP contribution >= 0.6 is 0 Å². The van der Waals surface area contributed by atoms with Gasteiger partial charge in [-0.05, 0) is 36.6 Å². The summed E-state index contributed by atoms with van der Waals surface area (Å²) in [5, 5.41) is 3.54. The van der Waals surface area contributed by atoms with Crippen molar-refractivity contribution in [1.29, 1.82) is 0 Å². The minimum atomic E-state index is 0.613. The molecule has 2 nitrogen and oxygen atoms in total. The Morgan fingerprint density at radius 1 is 1.41 bits per heavy atom. The molecule has 0 amide bonds. The van der Waals surface area contributed by atoms with Crippen molar-refractivity contribution in [3.63, 3.8) is 0 Å². The summed E-state index contributed by atoms with van der Waals surface area (Å²) in [7, 11) is 0. The number of nitrogens with zero attached hydrogens (tertiary/aromatic N) is 1. The lowest BCUT2D eigenvalue weighted by Gasteiger charge is -2.20. The Hall–Kier alpha value is -1.02. The van der Waals surface area contributed by atoms with Gasteiger partial charge in [0.15, 0.2) is 0 Å². The SMILES string of the molecule is CCNC1CCN(c2cccc(C(C)C)c2)C1. The first kappa shape index (κ1) is 12.4. The van der Waals surface area contributed by atoms with Crippen LogP contribution in [0, 0.1) is 0 Å². The summed E-state index contributed by atoms with van der Waals surface area (Å²) in [6.45, 7) is 10.1. The highest BCUT2D eigenvalue weighted by Gasteiger charge is 2.21. The fourth-order valence-electron chi connectivity index (χ4n) is 2.53. The van der Waals surface area contributed by atoms with E-state index in [0.29, 0.717) is 12.0 Å².